The number of H-pyrrole nitrogens is 1. The molecule has 158 valence electrons. The van der Waals surface area contributed by atoms with Gasteiger partial charge in [0, 0.05) is 12.0 Å². The number of fused-ring (bicyclic) bond motifs is 1. The molecule has 2 aromatic heterocycles. The minimum absolute atomic E-state index is 0.0292. The van der Waals surface area contributed by atoms with Crippen LogP contribution in [0.1, 0.15) is 6.42 Å². The highest BCUT2D eigenvalue weighted by molar-refractivity contribution is 6.33. The zero-order chi connectivity index (χ0) is 21.4. The van der Waals surface area contributed by atoms with Gasteiger partial charge in [-0.3, -0.25) is 0 Å². The van der Waals surface area contributed by atoms with Crippen LogP contribution in [0.3, 0.4) is 0 Å². The van der Waals surface area contributed by atoms with Gasteiger partial charge < -0.3 is 19.6 Å². The third-order valence-corrected chi connectivity index (χ3v) is 5.53. The molecule has 0 bridgehead atoms. The van der Waals surface area contributed by atoms with Crippen molar-refractivity contribution in [1.82, 2.24) is 15.0 Å². The van der Waals surface area contributed by atoms with Gasteiger partial charge in [-0.2, -0.15) is 4.98 Å². The smallest absolute Gasteiger partial charge is 0.296 e. The third-order valence-electron chi connectivity index (χ3n) is 5.25. The zero-order valence-corrected chi connectivity index (χ0v) is 17.1. The average Bonchev–Trinajstić information content (AvgIpc) is 3.39. The summed E-state index contributed by atoms with van der Waals surface area (Å²) < 4.78 is 24.8. The van der Waals surface area contributed by atoms with Gasteiger partial charge in [0.2, 0.25) is 0 Å². The van der Waals surface area contributed by atoms with Crippen LogP contribution in [0.25, 0.3) is 33.5 Å². The summed E-state index contributed by atoms with van der Waals surface area (Å²) in [7, 11) is 0. The molecule has 1 aliphatic heterocycles. The van der Waals surface area contributed by atoms with Gasteiger partial charge in [0.15, 0.2) is 5.65 Å². The molecule has 0 saturated carbocycles. The van der Waals surface area contributed by atoms with E-state index in [9.17, 15) is 9.50 Å². The standard InChI is InChI=1S/C23H19ClFN3O3/c24-19-10-20-22(28-23(26-20)31-18-9-17(11-29)30-12-18)27-21(19)14-6-4-13(5-7-14)15-2-1-3-16(25)8-15/h1-8,10,17-18,29H,9,11-12H2,(H,26,27,28)/t17-,18-/m0/s1. The Hall–Kier alpha value is -3.00. The molecule has 2 N–H and O–H groups in total. The van der Waals surface area contributed by atoms with Crippen LogP contribution in [0.4, 0.5) is 4.39 Å². The number of benzene rings is 2. The van der Waals surface area contributed by atoms with Crippen molar-refractivity contribution in [2.45, 2.75) is 18.6 Å². The Labute approximate surface area is 182 Å². The molecule has 2 atom stereocenters. The van der Waals surface area contributed by atoms with Crippen molar-refractivity contribution in [1.29, 1.82) is 0 Å². The average molecular weight is 440 g/mol. The molecule has 0 radical (unpaired) electrons. The topological polar surface area (TPSA) is 80.3 Å². The molecular formula is C23H19ClFN3O3. The normalized spacial score (nSPS) is 18.5. The Morgan fingerprint density at radius 3 is 2.65 bits per heavy atom. The molecule has 0 aliphatic carbocycles. The first kappa shape index (κ1) is 19.9. The first-order chi connectivity index (χ1) is 15.1. The van der Waals surface area contributed by atoms with Crippen molar-refractivity contribution in [2.75, 3.05) is 13.2 Å². The number of hydrogen-bond acceptors (Lipinski definition) is 5. The van der Waals surface area contributed by atoms with Crippen LogP contribution >= 0.6 is 11.6 Å². The molecule has 0 spiro atoms. The Balaban J connectivity index is 1.40. The fraction of sp³-hybridized carbons (Fsp3) is 0.217. The number of pyridine rings is 1. The summed E-state index contributed by atoms with van der Waals surface area (Å²) >= 11 is 6.48. The van der Waals surface area contributed by atoms with E-state index in [1.54, 1.807) is 12.1 Å². The van der Waals surface area contributed by atoms with E-state index >= 15 is 0 Å². The maximum absolute atomic E-state index is 13.5. The summed E-state index contributed by atoms with van der Waals surface area (Å²) in [5, 5.41) is 9.66. The predicted octanol–water partition coefficient (Wildman–Crippen LogP) is 4.61. The van der Waals surface area contributed by atoms with E-state index in [1.165, 1.54) is 12.1 Å². The summed E-state index contributed by atoms with van der Waals surface area (Å²) in [5.41, 5.74) is 4.28. The Kier molecular flexibility index (Phi) is 5.31. The number of hydrogen-bond donors (Lipinski definition) is 2. The summed E-state index contributed by atoms with van der Waals surface area (Å²) in [6, 6.07) is 16.2. The number of nitrogens with one attached hydrogen (secondary N) is 1. The Morgan fingerprint density at radius 2 is 1.90 bits per heavy atom. The molecule has 0 amide bonds. The quantitative estimate of drug-likeness (QED) is 0.474. The van der Waals surface area contributed by atoms with Gasteiger partial charge >= 0.3 is 0 Å². The molecule has 31 heavy (non-hydrogen) atoms. The molecule has 5 rings (SSSR count). The second-order valence-corrected chi connectivity index (χ2v) is 7.84. The first-order valence-electron chi connectivity index (χ1n) is 9.91. The van der Waals surface area contributed by atoms with E-state index in [4.69, 9.17) is 21.1 Å². The highest BCUT2D eigenvalue weighted by atomic mass is 35.5. The zero-order valence-electron chi connectivity index (χ0n) is 16.4. The first-order valence-corrected chi connectivity index (χ1v) is 10.3. The lowest BCUT2D eigenvalue weighted by Crippen LogP contribution is -2.17. The van der Waals surface area contributed by atoms with Crippen LogP contribution < -0.4 is 4.74 Å². The molecule has 4 aromatic rings. The second-order valence-electron chi connectivity index (χ2n) is 7.43. The Bertz CT molecular complexity index is 1230. The molecule has 0 unspecified atom stereocenters. The highest BCUT2D eigenvalue weighted by Gasteiger charge is 2.27. The SMILES string of the molecule is OC[C@@H]1C[C@H](Oc2nc3nc(-c4ccc(-c5cccc(F)c5)cc4)c(Cl)cc3[nH]2)CO1. The summed E-state index contributed by atoms with van der Waals surface area (Å²) in [6.45, 7) is 0.373. The van der Waals surface area contributed by atoms with Crippen molar-refractivity contribution in [3.63, 3.8) is 0 Å². The van der Waals surface area contributed by atoms with E-state index in [0.29, 0.717) is 40.9 Å². The number of imidazole rings is 1. The minimum Gasteiger partial charge on any atom is -0.459 e. The van der Waals surface area contributed by atoms with Crippen molar-refractivity contribution < 1.29 is 19.0 Å². The number of halogens is 2. The molecular weight excluding hydrogens is 421 g/mol. The van der Waals surface area contributed by atoms with Gasteiger partial charge in [-0.1, -0.05) is 48.0 Å². The largest absolute Gasteiger partial charge is 0.459 e. The molecule has 3 heterocycles. The van der Waals surface area contributed by atoms with Gasteiger partial charge in [0.1, 0.15) is 11.9 Å². The van der Waals surface area contributed by atoms with Crippen LogP contribution in [-0.4, -0.2) is 45.5 Å². The lowest BCUT2D eigenvalue weighted by atomic mass is 10.0. The number of ether oxygens (including phenoxy) is 2. The molecule has 2 aromatic carbocycles. The minimum atomic E-state index is -0.274. The van der Waals surface area contributed by atoms with E-state index < -0.39 is 0 Å². The van der Waals surface area contributed by atoms with Crippen LogP contribution in [-0.2, 0) is 4.74 Å². The third kappa shape index (κ3) is 4.12. The van der Waals surface area contributed by atoms with Crippen LogP contribution in [0.15, 0.2) is 54.6 Å². The second kappa shape index (κ2) is 8.26. The fourth-order valence-corrected chi connectivity index (χ4v) is 3.94. The maximum Gasteiger partial charge on any atom is 0.296 e. The Morgan fingerprint density at radius 1 is 1.10 bits per heavy atom. The lowest BCUT2D eigenvalue weighted by molar-refractivity contribution is 0.0528. The van der Waals surface area contributed by atoms with Gasteiger partial charge in [0.05, 0.1) is 35.6 Å². The lowest BCUT2D eigenvalue weighted by Gasteiger charge is -2.07. The van der Waals surface area contributed by atoms with E-state index in [1.807, 2.05) is 30.3 Å². The van der Waals surface area contributed by atoms with Gasteiger partial charge in [-0.25, -0.2) is 9.37 Å². The van der Waals surface area contributed by atoms with Crippen LogP contribution in [0.5, 0.6) is 6.01 Å². The highest BCUT2D eigenvalue weighted by Crippen LogP contribution is 2.31. The number of aliphatic hydroxyl groups is 1. The number of rotatable bonds is 5. The van der Waals surface area contributed by atoms with Crippen molar-refractivity contribution in [2.24, 2.45) is 0 Å². The maximum atomic E-state index is 13.5. The number of aromatic amines is 1. The number of nitrogens with zero attached hydrogens (tertiary/aromatic N) is 2. The van der Waals surface area contributed by atoms with Gasteiger partial charge in [0.25, 0.3) is 6.01 Å². The molecule has 6 nitrogen and oxygen atoms in total. The number of aliphatic hydroxyl groups excluding tert-OH is 1. The van der Waals surface area contributed by atoms with Crippen molar-refractivity contribution >= 4 is 22.8 Å². The molecule has 1 fully saturated rings. The predicted molar refractivity (Wildman–Crippen MR) is 116 cm³/mol. The summed E-state index contributed by atoms with van der Waals surface area (Å²) in [5.74, 6) is -0.274. The summed E-state index contributed by atoms with van der Waals surface area (Å²) in [6.07, 6.45) is 0.219. The van der Waals surface area contributed by atoms with Crippen LogP contribution in [0.2, 0.25) is 5.02 Å². The molecule has 8 heteroatoms. The van der Waals surface area contributed by atoms with Gasteiger partial charge in [-0.05, 0) is 29.3 Å². The van der Waals surface area contributed by atoms with Gasteiger partial charge in [-0.15, -0.1) is 0 Å². The van der Waals surface area contributed by atoms with Crippen molar-refractivity contribution in [3.8, 4) is 28.4 Å². The number of aromatic nitrogens is 3. The monoisotopic (exact) mass is 439 g/mol. The van der Waals surface area contributed by atoms with Crippen LogP contribution in [0, 0.1) is 5.82 Å². The van der Waals surface area contributed by atoms with E-state index in [2.05, 4.69) is 15.0 Å². The summed E-state index contributed by atoms with van der Waals surface area (Å²) in [4.78, 5) is 12.1. The molecule has 1 aliphatic rings. The fourth-order valence-electron chi connectivity index (χ4n) is 3.68. The van der Waals surface area contributed by atoms with Crippen molar-refractivity contribution in [3.05, 3.63) is 65.4 Å². The van der Waals surface area contributed by atoms with E-state index in [0.717, 1.165) is 16.7 Å². The van der Waals surface area contributed by atoms with E-state index in [-0.39, 0.29) is 24.6 Å². The molecule has 1 saturated heterocycles.